The highest BCUT2D eigenvalue weighted by molar-refractivity contribution is 6.06. The van der Waals surface area contributed by atoms with Gasteiger partial charge in [0.15, 0.2) is 0 Å². The number of anilines is 5. The van der Waals surface area contributed by atoms with E-state index in [9.17, 15) is 14.7 Å². The fourth-order valence-electron chi connectivity index (χ4n) is 5.90. The molecule has 0 atom stereocenters. The molecule has 1 saturated heterocycles. The summed E-state index contributed by atoms with van der Waals surface area (Å²) in [5.41, 5.74) is 7.61. The number of amides is 2. The van der Waals surface area contributed by atoms with E-state index in [1.165, 1.54) is 0 Å². The molecule has 1 fully saturated rings. The highest BCUT2D eigenvalue weighted by Crippen LogP contribution is 2.32. The monoisotopic (exact) mass is 627 g/mol. The standard InChI is InChI=1S/C39H41N5O3/c1-3-4-5-6-29-26-32(42-38(46)27-7-13-34(14-8-27)44-23-20-35(45)21-24-44)12-18-37(29)43(2)33-15-10-31(11-16-33)41-39(47)30-9-17-36-28(25-30)19-22-40-36/h5-19,22,25-26,35,40,45H,3-4,20-21,23-24H2,1-2H3,(H,41,47)(H,42,46)/b6-5+. The predicted molar refractivity (Wildman–Crippen MR) is 193 cm³/mol. The maximum absolute atomic E-state index is 13.2. The summed E-state index contributed by atoms with van der Waals surface area (Å²) in [4.78, 5) is 33.6. The van der Waals surface area contributed by atoms with Gasteiger partial charge in [-0.1, -0.05) is 25.5 Å². The lowest BCUT2D eigenvalue weighted by Gasteiger charge is -2.31. The van der Waals surface area contributed by atoms with Crippen molar-refractivity contribution in [3.63, 3.8) is 0 Å². The van der Waals surface area contributed by atoms with Gasteiger partial charge in [0.25, 0.3) is 11.8 Å². The molecule has 8 nitrogen and oxygen atoms in total. The van der Waals surface area contributed by atoms with Crippen LogP contribution in [0.25, 0.3) is 17.0 Å². The Hall–Kier alpha value is -5.34. The van der Waals surface area contributed by atoms with E-state index in [-0.39, 0.29) is 17.9 Å². The molecule has 0 aliphatic carbocycles. The number of hydrogen-bond donors (Lipinski definition) is 4. The third kappa shape index (κ3) is 7.56. The third-order valence-electron chi connectivity index (χ3n) is 8.69. The van der Waals surface area contributed by atoms with Crippen molar-refractivity contribution >= 4 is 57.2 Å². The van der Waals surface area contributed by atoms with Crippen molar-refractivity contribution in [3.8, 4) is 0 Å². The lowest BCUT2D eigenvalue weighted by atomic mass is 10.1. The molecule has 0 unspecified atom stereocenters. The molecule has 1 aromatic heterocycles. The Morgan fingerprint density at radius 2 is 1.55 bits per heavy atom. The lowest BCUT2D eigenvalue weighted by Crippen LogP contribution is -2.35. The van der Waals surface area contributed by atoms with Crippen molar-refractivity contribution < 1.29 is 14.7 Å². The average molecular weight is 628 g/mol. The molecule has 0 spiro atoms. The zero-order valence-corrected chi connectivity index (χ0v) is 26.9. The summed E-state index contributed by atoms with van der Waals surface area (Å²) in [6.07, 6.45) is 9.41. The Labute approximate surface area is 275 Å². The molecule has 0 radical (unpaired) electrons. The van der Waals surface area contributed by atoms with Gasteiger partial charge in [0, 0.05) is 76.8 Å². The van der Waals surface area contributed by atoms with Gasteiger partial charge in [-0.05, 0) is 116 Å². The Balaban J connectivity index is 1.14. The molecule has 1 aliphatic heterocycles. The molecule has 4 aromatic carbocycles. The molecule has 47 heavy (non-hydrogen) atoms. The number of aromatic amines is 1. The van der Waals surface area contributed by atoms with Crippen LogP contribution in [0.1, 0.15) is 58.9 Å². The molecule has 4 N–H and O–H groups in total. The van der Waals surface area contributed by atoms with Crippen LogP contribution in [0.15, 0.2) is 103 Å². The Morgan fingerprint density at radius 3 is 2.30 bits per heavy atom. The largest absolute Gasteiger partial charge is 0.393 e. The van der Waals surface area contributed by atoms with E-state index in [1.54, 1.807) is 0 Å². The number of H-pyrrole nitrogens is 1. The Bertz CT molecular complexity index is 1870. The first kappa shape index (κ1) is 31.6. The predicted octanol–water partition coefficient (Wildman–Crippen LogP) is 8.21. The number of hydrogen-bond acceptors (Lipinski definition) is 5. The zero-order valence-electron chi connectivity index (χ0n) is 26.9. The summed E-state index contributed by atoms with van der Waals surface area (Å²) >= 11 is 0. The van der Waals surface area contributed by atoms with Crippen molar-refractivity contribution in [3.05, 3.63) is 120 Å². The van der Waals surface area contributed by atoms with Gasteiger partial charge in [-0.15, -0.1) is 0 Å². The van der Waals surface area contributed by atoms with E-state index in [2.05, 4.69) is 44.5 Å². The fraction of sp³-hybridized carbons (Fsp3) is 0.231. The summed E-state index contributed by atoms with van der Waals surface area (Å²) in [5, 5.41) is 16.9. The maximum atomic E-state index is 13.2. The SMILES string of the molecule is CCC/C=C/c1cc(NC(=O)c2ccc(N3CCC(O)CC3)cc2)ccc1N(C)c1ccc(NC(=O)c2ccc3[nH]ccc3c2)cc1. The van der Waals surface area contributed by atoms with E-state index < -0.39 is 0 Å². The van der Waals surface area contributed by atoms with Crippen LogP contribution < -0.4 is 20.4 Å². The van der Waals surface area contributed by atoms with Crippen LogP contribution in [0.2, 0.25) is 0 Å². The number of aliphatic hydroxyl groups excluding tert-OH is 1. The summed E-state index contributed by atoms with van der Waals surface area (Å²) in [6.45, 7) is 3.77. The molecular formula is C39H41N5O3. The number of allylic oxidation sites excluding steroid dienone is 1. The van der Waals surface area contributed by atoms with E-state index in [0.717, 1.165) is 72.3 Å². The van der Waals surface area contributed by atoms with Crippen molar-refractivity contribution in [1.29, 1.82) is 0 Å². The number of rotatable bonds is 10. The average Bonchev–Trinajstić information content (AvgIpc) is 3.57. The molecule has 0 saturated carbocycles. The molecule has 2 heterocycles. The first-order valence-electron chi connectivity index (χ1n) is 16.3. The molecule has 1 aliphatic rings. The van der Waals surface area contributed by atoms with Crippen molar-refractivity contribution in [2.75, 3.05) is 40.6 Å². The number of aliphatic hydroxyl groups is 1. The van der Waals surface area contributed by atoms with Gasteiger partial charge in [-0.2, -0.15) is 0 Å². The van der Waals surface area contributed by atoms with Crippen LogP contribution in [-0.2, 0) is 0 Å². The Morgan fingerprint density at radius 1 is 0.872 bits per heavy atom. The number of carbonyl (C=O) groups is 2. The molecule has 5 aromatic rings. The maximum Gasteiger partial charge on any atom is 0.255 e. The second-order valence-corrected chi connectivity index (χ2v) is 12.0. The normalized spacial score (nSPS) is 13.6. The number of fused-ring (bicyclic) bond motifs is 1. The van der Waals surface area contributed by atoms with Gasteiger partial charge < -0.3 is 30.5 Å². The lowest BCUT2D eigenvalue weighted by molar-refractivity contribution is 0.101. The van der Waals surface area contributed by atoms with Crippen LogP contribution >= 0.6 is 0 Å². The summed E-state index contributed by atoms with van der Waals surface area (Å²) in [7, 11) is 2.01. The smallest absolute Gasteiger partial charge is 0.255 e. The summed E-state index contributed by atoms with van der Waals surface area (Å²) in [6, 6.07) is 28.9. The van der Waals surface area contributed by atoms with Gasteiger partial charge in [-0.3, -0.25) is 9.59 Å². The number of unbranched alkanes of at least 4 members (excludes halogenated alkanes) is 1. The van der Waals surface area contributed by atoms with E-state index in [1.807, 2.05) is 104 Å². The number of aromatic nitrogens is 1. The van der Waals surface area contributed by atoms with Crippen molar-refractivity contribution in [2.45, 2.75) is 38.7 Å². The van der Waals surface area contributed by atoms with Gasteiger partial charge in [0.05, 0.1) is 6.10 Å². The Kier molecular flexibility index (Phi) is 9.69. The van der Waals surface area contributed by atoms with Crippen LogP contribution in [0.5, 0.6) is 0 Å². The van der Waals surface area contributed by atoms with Crippen molar-refractivity contribution in [1.82, 2.24) is 4.98 Å². The first-order chi connectivity index (χ1) is 22.9. The molecular weight excluding hydrogens is 586 g/mol. The van der Waals surface area contributed by atoms with Crippen LogP contribution in [-0.4, -0.2) is 48.1 Å². The molecule has 240 valence electrons. The topological polar surface area (TPSA) is 101 Å². The van der Waals surface area contributed by atoms with Gasteiger partial charge >= 0.3 is 0 Å². The number of nitrogens with zero attached hydrogens (tertiary/aromatic N) is 2. The minimum atomic E-state index is -0.221. The van der Waals surface area contributed by atoms with Gasteiger partial charge in [0.1, 0.15) is 0 Å². The summed E-state index contributed by atoms with van der Waals surface area (Å²) < 4.78 is 0. The quantitative estimate of drug-likeness (QED) is 0.125. The number of piperidine rings is 1. The second-order valence-electron chi connectivity index (χ2n) is 12.0. The van der Waals surface area contributed by atoms with Crippen molar-refractivity contribution in [2.24, 2.45) is 0 Å². The van der Waals surface area contributed by atoms with Crippen LogP contribution in [0, 0.1) is 0 Å². The van der Waals surface area contributed by atoms with Gasteiger partial charge in [-0.25, -0.2) is 0 Å². The van der Waals surface area contributed by atoms with Gasteiger partial charge in [0.2, 0.25) is 0 Å². The molecule has 6 rings (SSSR count). The zero-order chi connectivity index (χ0) is 32.8. The number of carbonyl (C=O) groups excluding carboxylic acids is 2. The number of nitrogens with one attached hydrogen (secondary N) is 3. The third-order valence-corrected chi connectivity index (χ3v) is 8.69. The van der Waals surface area contributed by atoms with E-state index >= 15 is 0 Å². The number of benzene rings is 4. The minimum absolute atomic E-state index is 0.158. The van der Waals surface area contributed by atoms with Crippen LogP contribution in [0.4, 0.5) is 28.4 Å². The molecule has 2 amide bonds. The van der Waals surface area contributed by atoms with E-state index in [0.29, 0.717) is 22.5 Å². The highest BCUT2D eigenvalue weighted by atomic mass is 16.3. The molecule has 0 bridgehead atoms. The highest BCUT2D eigenvalue weighted by Gasteiger charge is 2.18. The minimum Gasteiger partial charge on any atom is -0.393 e. The van der Waals surface area contributed by atoms with E-state index in [4.69, 9.17) is 0 Å². The molecule has 8 heteroatoms. The fourth-order valence-corrected chi connectivity index (χ4v) is 5.90. The summed E-state index contributed by atoms with van der Waals surface area (Å²) in [5.74, 6) is -0.324. The van der Waals surface area contributed by atoms with Crippen LogP contribution in [0.3, 0.4) is 0 Å². The second kappa shape index (κ2) is 14.4. The first-order valence-corrected chi connectivity index (χ1v) is 16.3.